The maximum atomic E-state index is 12.1. The molecule has 90 valence electrons. The van der Waals surface area contributed by atoms with E-state index in [1.165, 1.54) is 11.1 Å². The van der Waals surface area contributed by atoms with Crippen LogP contribution < -0.4 is 5.73 Å². The van der Waals surface area contributed by atoms with Crippen LogP contribution in [0.4, 0.5) is 5.69 Å². The fourth-order valence-electron chi connectivity index (χ4n) is 1.39. The van der Waals surface area contributed by atoms with Crippen LogP contribution in [0.1, 0.15) is 15.6 Å². The summed E-state index contributed by atoms with van der Waals surface area (Å²) in [5.74, 6) is 0.410. The maximum absolute atomic E-state index is 12.1. The summed E-state index contributed by atoms with van der Waals surface area (Å²) in [6, 6.07) is 1.69. The fraction of sp³-hybridized carbons (Fsp3) is 0.273. The lowest BCUT2D eigenvalue weighted by Gasteiger charge is -2.02. The van der Waals surface area contributed by atoms with Crippen LogP contribution in [0.5, 0.6) is 0 Å². The lowest BCUT2D eigenvalue weighted by molar-refractivity contribution is 0.682. The van der Waals surface area contributed by atoms with Crippen molar-refractivity contribution >= 4 is 27.8 Å². The highest BCUT2D eigenvalue weighted by atomic mass is 32.2. The number of pyridine rings is 1. The molecule has 0 aromatic carbocycles. The first-order valence-corrected chi connectivity index (χ1v) is 7.22. The molecular weight excluding hydrogens is 254 g/mol. The number of anilines is 1. The van der Waals surface area contributed by atoms with E-state index in [1.54, 1.807) is 23.6 Å². The Balaban J connectivity index is 2.20. The van der Waals surface area contributed by atoms with Gasteiger partial charge in [0.1, 0.15) is 5.01 Å². The molecule has 0 fully saturated rings. The molecule has 0 bridgehead atoms. The Bertz CT molecular complexity index is 546. The molecule has 1 unspecified atom stereocenters. The molecule has 1 atom stereocenters. The number of nitrogens with zero attached hydrogens (tertiary/aromatic N) is 2. The number of hydrogen-bond acceptors (Lipinski definition) is 5. The van der Waals surface area contributed by atoms with Gasteiger partial charge in [-0.1, -0.05) is 0 Å². The van der Waals surface area contributed by atoms with Gasteiger partial charge in [-0.15, -0.1) is 11.3 Å². The zero-order chi connectivity index (χ0) is 12.4. The van der Waals surface area contributed by atoms with Gasteiger partial charge in [0, 0.05) is 11.1 Å². The van der Waals surface area contributed by atoms with Crippen molar-refractivity contribution in [3.05, 3.63) is 34.0 Å². The number of hydrogen-bond donors (Lipinski definition) is 1. The first-order valence-electron chi connectivity index (χ1n) is 5.08. The third kappa shape index (κ3) is 2.70. The molecule has 2 aromatic heterocycles. The normalized spacial score (nSPS) is 12.6. The van der Waals surface area contributed by atoms with E-state index in [4.69, 9.17) is 5.73 Å². The zero-order valence-electron chi connectivity index (χ0n) is 9.64. The predicted molar refractivity (Wildman–Crippen MR) is 70.3 cm³/mol. The molecule has 2 N–H and O–H groups in total. The van der Waals surface area contributed by atoms with Crippen molar-refractivity contribution < 1.29 is 4.21 Å². The Morgan fingerprint density at radius 3 is 2.82 bits per heavy atom. The molecule has 0 aliphatic carbocycles. The van der Waals surface area contributed by atoms with Gasteiger partial charge in [-0.05, 0) is 19.9 Å². The molecule has 0 radical (unpaired) electrons. The highest BCUT2D eigenvalue weighted by molar-refractivity contribution is 7.84. The van der Waals surface area contributed by atoms with E-state index in [2.05, 4.69) is 9.97 Å². The molecule has 2 heterocycles. The number of aryl methyl sites for hydroxylation is 2. The molecule has 2 rings (SSSR count). The quantitative estimate of drug-likeness (QED) is 0.924. The van der Waals surface area contributed by atoms with E-state index >= 15 is 0 Å². The van der Waals surface area contributed by atoms with Crippen molar-refractivity contribution in [1.82, 2.24) is 9.97 Å². The minimum atomic E-state index is -1.16. The molecule has 0 aliphatic rings. The molecule has 0 aliphatic heterocycles. The van der Waals surface area contributed by atoms with Gasteiger partial charge in [0.15, 0.2) is 0 Å². The van der Waals surface area contributed by atoms with Crippen LogP contribution in [0.3, 0.4) is 0 Å². The summed E-state index contributed by atoms with van der Waals surface area (Å²) >= 11 is 1.58. The first-order chi connectivity index (χ1) is 8.08. The van der Waals surface area contributed by atoms with Gasteiger partial charge in [-0.3, -0.25) is 9.19 Å². The van der Waals surface area contributed by atoms with Crippen LogP contribution in [0.15, 0.2) is 23.4 Å². The molecule has 0 amide bonds. The molecule has 0 saturated heterocycles. The molecule has 0 spiro atoms. The molecule has 6 heteroatoms. The second-order valence-corrected chi connectivity index (χ2v) is 6.36. The Morgan fingerprint density at radius 1 is 1.47 bits per heavy atom. The summed E-state index contributed by atoms with van der Waals surface area (Å²) in [5, 5.41) is 0.884. The van der Waals surface area contributed by atoms with E-state index in [0.717, 1.165) is 10.7 Å². The van der Waals surface area contributed by atoms with Crippen molar-refractivity contribution in [2.24, 2.45) is 0 Å². The Kier molecular flexibility index (Phi) is 3.54. The van der Waals surface area contributed by atoms with Gasteiger partial charge in [-0.25, -0.2) is 4.98 Å². The highest BCUT2D eigenvalue weighted by Gasteiger charge is 2.12. The summed E-state index contributed by atoms with van der Waals surface area (Å²) in [4.78, 5) is 10.1. The zero-order valence-corrected chi connectivity index (χ0v) is 11.3. The van der Waals surface area contributed by atoms with Crippen LogP contribution in [0.25, 0.3) is 0 Å². The standard InChI is InChI=1S/C11H13N3OS2/c1-7-8(2)16-11(14-7)6-17(15)10-3-4-13-5-9(10)12/h3-5H,6,12H2,1-2H3. The predicted octanol–water partition coefficient (Wildman–Crippen LogP) is 2.04. The average Bonchev–Trinajstić information content (AvgIpc) is 2.58. The Morgan fingerprint density at radius 2 is 2.24 bits per heavy atom. The number of aromatic nitrogens is 2. The number of nitrogen functional groups attached to an aromatic ring is 1. The van der Waals surface area contributed by atoms with Crippen LogP contribution in [0, 0.1) is 13.8 Å². The van der Waals surface area contributed by atoms with Crippen molar-refractivity contribution in [3.8, 4) is 0 Å². The van der Waals surface area contributed by atoms with Crippen LogP contribution in [-0.4, -0.2) is 14.2 Å². The van der Waals surface area contributed by atoms with E-state index in [0.29, 0.717) is 16.3 Å². The second-order valence-electron chi connectivity index (χ2n) is 3.65. The van der Waals surface area contributed by atoms with Gasteiger partial charge in [0.2, 0.25) is 0 Å². The van der Waals surface area contributed by atoms with Crippen LogP contribution in [-0.2, 0) is 16.6 Å². The lowest BCUT2D eigenvalue weighted by atomic mass is 10.4. The summed E-state index contributed by atoms with van der Waals surface area (Å²) in [6.07, 6.45) is 3.12. The maximum Gasteiger partial charge on any atom is 0.106 e. The minimum Gasteiger partial charge on any atom is -0.396 e. The molecule has 2 aromatic rings. The summed E-state index contributed by atoms with van der Waals surface area (Å²) in [5.41, 5.74) is 7.21. The van der Waals surface area contributed by atoms with Crippen molar-refractivity contribution in [2.45, 2.75) is 24.5 Å². The van der Waals surface area contributed by atoms with Crippen LogP contribution >= 0.6 is 11.3 Å². The Hall–Kier alpha value is -1.27. The largest absolute Gasteiger partial charge is 0.396 e. The monoisotopic (exact) mass is 267 g/mol. The van der Waals surface area contributed by atoms with Gasteiger partial charge in [0.25, 0.3) is 0 Å². The fourth-order valence-corrected chi connectivity index (χ4v) is 3.65. The van der Waals surface area contributed by atoms with Crippen molar-refractivity contribution in [2.75, 3.05) is 5.73 Å². The molecule has 4 nitrogen and oxygen atoms in total. The summed E-state index contributed by atoms with van der Waals surface area (Å²) < 4.78 is 12.1. The molecule has 17 heavy (non-hydrogen) atoms. The third-order valence-electron chi connectivity index (χ3n) is 2.38. The third-order valence-corrected chi connectivity index (χ3v) is 5.04. The second kappa shape index (κ2) is 4.93. The molecule has 0 saturated carbocycles. The first kappa shape index (κ1) is 12.2. The highest BCUT2D eigenvalue weighted by Crippen LogP contribution is 2.22. The number of nitrogens with two attached hydrogens (primary N) is 1. The topological polar surface area (TPSA) is 68.9 Å². The van der Waals surface area contributed by atoms with Crippen LogP contribution in [0.2, 0.25) is 0 Å². The SMILES string of the molecule is Cc1nc(CS(=O)c2ccncc2N)sc1C. The van der Waals surface area contributed by atoms with E-state index in [-0.39, 0.29) is 0 Å². The van der Waals surface area contributed by atoms with Crippen molar-refractivity contribution in [1.29, 1.82) is 0 Å². The summed E-state index contributed by atoms with van der Waals surface area (Å²) in [7, 11) is -1.16. The number of thiazole rings is 1. The van der Waals surface area contributed by atoms with Gasteiger partial charge in [-0.2, -0.15) is 0 Å². The smallest absolute Gasteiger partial charge is 0.106 e. The molecular formula is C11H13N3OS2. The minimum absolute atomic E-state index is 0.410. The Labute approximate surface area is 106 Å². The van der Waals surface area contributed by atoms with Crippen molar-refractivity contribution in [3.63, 3.8) is 0 Å². The van der Waals surface area contributed by atoms with Gasteiger partial charge in [0.05, 0.1) is 39.0 Å². The number of rotatable bonds is 3. The van der Waals surface area contributed by atoms with E-state index in [9.17, 15) is 4.21 Å². The average molecular weight is 267 g/mol. The van der Waals surface area contributed by atoms with Gasteiger partial charge < -0.3 is 5.73 Å². The lowest BCUT2D eigenvalue weighted by Crippen LogP contribution is -2.01. The van der Waals surface area contributed by atoms with E-state index in [1.807, 2.05) is 13.8 Å². The summed E-state index contributed by atoms with van der Waals surface area (Å²) in [6.45, 7) is 3.97. The van der Waals surface area contributed by atoms with Gasteiger partial charge >= 0.3 is 0 Å². The van der Waals surface area contributed by atoms with E-state index < -0.39 is 10.8 Å².